The van der Waals surface area contributed by atoms with Crippen molar-refractivity contribution in [3.8, 4) is 22.9 Å². The highest BCUT2D eigenvalue weighted by atomic mass is 32.2. The molecule has 1 N–H and O–H groups in total. The summed E-state index contributed by atoms with van der Waals surface area (Å²) in [5, 5.41) is 5.23. The summed E-state index contributed by atoms with van der Waals surface area (Å²) in [6, 6.07) is 3.54. The standard InChI is InChI=1S/C27H38N6O5S/c1-32-26-22(16-29-32)25(14-23(30-26)21-13-24(31-39(3,34)35)27(36-2)28-15-21)38-18-20-5-4-9-33(17-20)10-6-19-7-11-37-12-8-19/h13-16,19-20,31H,4-12,17-18H2,1-3H3/t20-/m1/s1. The van der Waals surface area contributed by atoms with E-state index in [4.69, 9.17) is 19.2 Å². The van der Waals surface area contributed by atoms with Crippen LogP contribution in [0.3, 0.4) is 0 Å². The van der Waals surface area contributed by atoms with Crippen LogP contribution in [0.4, 0.5) is 5.69 Å². The molecule has 3 aromatic rings. The number of aryl methyl sites for hydroxylation is 1. The van der Waals surface area contributed by atoms with E-state index < -0.39 is 10.0 Å². The first kappa shape index (κ1) is 27.6. The van der Waals surface area contributed by atoms with Crippen LogP contribution in [0.25, 0.3) is 22.3 Å². The number of fused-ring (bicyclic) bond motifs is 1. The second-order valence-corrected chi connectivity index (χ2v) is 12.4. The third kappa shape index (κ3) is 6.98. The molecule has 0 spiro atoms. The van der Waals surface area contributed by atoms with Crippen molar-refractivity contribution in [3.63, 3.8) is 0 Å². The van der Waals surface area contributed by atoms with E-state index in [0.717, 1.165) is 56.8 Å². The Balaban J connectivity index is 1.32. The Morgan fingerprint density at radius 3 is 2.74 bits per heavy atom. The number of ether oxygens (including phenoxy) is 3. The minimum absolute atomic E-state index is 0.181. The van der Waals surface area contributed by atoms with Crippen molar-refractivity contribution in [1.29, 1.82) is 0 Å². The predicted octanol–water partition coefficient (Wildman–Crippen LogP) is 3.32. The lowest BCUT2D eigenvalue weighted by molar-refractivity contribution is 0.0561. The SMILES string of the molecule is COc1ncc(-c2cc(OC[C@@H]3CCCN(CCC4CCOCC4)C3)c3cnn(C)c3n2)cc1NS(C)(=O)=O. The normalized spacial score (nSPS) is 19.3. The van der Waals surface area contributed by atoms with Gasteiger partial charge in [0, 0.05) is 50.6 Å². The lowest BCUT2D eigenvalue weighted by atomic mass is 9.94. The molecule has 1 atom stereocenters. The molecule has 11 nitrogen and oxygen atoms in total. The molecule has 0 aromatic carbocycles. The van der Waals surface area contributed by atoms with E-state index in [1.165, 1.54) is 32.8 Å². The van der Waals surface area contributed by atoms with Crippen LogP contribution in [-0.2, 0) is 21.8 Å². The van der Waals surface area contributed by atoms with Gasteiger partial charge in [0.25, 0.3) is 0 Å². The number of likely N-dealkylation sites (tertiary alicyclic amines) is 1. The van der Waals surface area contributed by atoms with Crippen molar-refractivity contribution in [3.05, 3.63) is 24.5 Å². The van der Waals surface area contributed by atoms with Crippen LogP contribution >= 0.6 is 0 Å². The summed E-state index contributed by atoms with van der Waals surface area (Å²) in [4.78, 5) is 11.7. The zero-order valence-electron chi connectivity index (χ0n) is 22.9. The molecule has 0 bridgehead atoms. The molecule has 3 aromatic heterocycles. The van der Waals surface area contributed by atoms with Crippen LogP contribution in [0, 0.1) is 11.8 Å². The van der Waals surface area contributed by atoms with E-state index >= 15 is 0 Å². The van der Waals surface area contributed by atoms with Crippen LogP contribution in [0.15, 0.2) is 24.5 Å². The van der Waals surface area contributed by atoms with E-state index in [2.05, 4.69) is 19.7 Å². The second kappa shape index (κ2) is 12.1. The fourth-order valence-corrected chi connectivity index (χ4v) is 6.02. The summed E-state index contributed by atoms with van der Waals surface area (Å²) in [6.45, 7) is 5.76. The van der Waals surface area contributed by atoms with Crippen molar-refractivity contribution >= 4 is 26.7 Å². The minimum Gasteiger partial charge on any atom is -0.492 e. The lowest BCUT2D eigenvalue weighted by Crippen LogP contribution is -2.39. The molecule has 0 saturated carbocycles. The number of nitrogens with one attached hydrogen (secondary N) is 1. The Bertz CT molecular complexity index is 1390. The maximum Gasteiger partial charge on any atom is 0.238 e. The van der Waals surface area contributed by atoms with E-state index in [1.54, 1.807) is 23.1 Å². The zero-order chi connectivity index (χ0) is 27.4. The van der Waals surface area contributed by atoms with Crippen molar-refractivity contribution in [1.82, 2.24) is 24.6 Å². The molecule has 2 aliphatic rings. The van der Waals surface area contributed by atoms with Gasteiger partial charge in [-0.25, -0.2) is 18.4 Å². The molecule has 5 heterocycles. The van der Waals surface area contributed by atoms with Gasteiger partial charge in [0.15, 0.2) is 5.65 Å². The molecule has 5 rings (SSSR count). The van der Waals surface area contributed by atoms with E-state index in [-0.39, 0.29) is 11.6 Å². The number of hydrogen-bond acceptors (Lipinski definition) is 9. The number of hydrogen-bond donors (Lipinski definition) is 1. The Labute approximate surface area is 229 Å². The Hall–Kier alpha value is -2.96. The fourth-order valence-electron chi connectivity index (χ4n) is 5.48. The van der Waals surface area contributed by atoms with Crippen LogP contribution in [-0.4, -0.2) is 85.9 Å². The van der Waals surface area contributed by atoms with Gasteiger partial charge in [-0.3, -0.25) is 9.40 Å². The summed E-state index contributed by atoms with van der Waals surface area (Å²) >= 11 is 0. The highest BCUT2D eigenvalue weighted by Crippen LogP contribution is 2.33. The monoisotopic (exact) mass is 558 g/mol. The highest BCUT2D eigenvalue weighted by Gasteiger charge is 2.23. The highest BCUT2D eigenvalue weighted by molar-refractivity contribution is 7.92. The van der Waals surface area contributed by atoms with E-state index in [0.29, 0.717) is 35.2 Å². The van der Waals surface area contributed by atoms with Crippen molar-refractivity contribution < 1.29 is 22.6 Å². The van der Waals surface area contributed by atoms with Crippen LogP contribution in [0.2, 0.25) is 0 Å². The first-order valence-electron chi connectivity index (χ1n) is 13.6. The number of rotatable bonds is 10. The lowest BCUT2D eigenvalue weighted by Gasteiger charge is -2.34. The smallest absolute Gasteiger partial charge is 0.238 e. The van der Waals surface area contributed by atoms with Crippen LogP contribution < -0.4 is 14.2 Å². The number of piperidine rings is 1. The summed E-state index contributed by atoms with van der Waals surface area (Å²) in [5.41, 5.74) is 2.16. The summed E-state index contributed by atoms with van der Waals surface area (Å²) < 4.78 is 45.1. The first-order valence-corrected chi connectivity index (χ1v) is 15.5. The quantitative estimate of drug-likeness (QED) is 0.399. The van der Waals surface area contributed by atoms with Gasteiger partial charge in [-0.15, -0.1) is 0 Å². The molecule has 212 valence electrons. The Morgan fingerprint density at radius 2 is 1.97 bits per heavy atom. The number of anilines is 1. The third-order valence-electron chi connectivity index (χ3n) is 7.57. The summed E-state index contributed by atoms with van der Waals surface area (Å²) in [5.74, 6) is 2.12. The molecule has 2 fully saturated rings. The molecule has 39 heavy (non-hydrogen) atoms. The van der Waals surface area contributed by atoms with E-state index in [1.807, 2.05) is 13.1 Å². The molecule has 0 aliphatic carbocycles. The first-order chi connectivity index (χ1) is 18.8. The fraction of sp³-hybridized carbons (Fsp3) is 0.593. The third-order valence-corrected chi connectivity index (χ3v) is 8.17. The van der Waals surface area contributed by atoms with E-state index in [9.17, 15) is 8.42 Å². The average molecular weight is 559 g/mol. The van der Waals surface area contributed by atoms with Gasteiger partial charge >= 0.3 is 0 Å². The predicted molar refractivity (Wildman–Crippen MR) is 150 cm³/mol. The van der Waals surface area contributed by atoms with Crippen LogP contribution in [0.5, 0.6) is 11.6 Å². The summed E-state index contributed by atoms with van der Waals surface area (Å²) in [6.07, 6.45) is 10.4. The topological polar surface area (TPSA) is 121 Å². The molecule has 0 amide bonds. The van der Waals surface area contributed by atoms with Gasteiger partial charge in [0.05, 0.1) is 37.2 Å². The largest absolute Gasteiger partial charge is 0.492 e. The van der Waals surface area contributed by atoms with Gasteiger partial charge in [-0.05, 0) is 57.2 Å². The maximum absolute atomic E-state index is 11.9. The van der Waals surface area contributed by atoms with Crippen LogP contribution in [0.1, 0.15) is 32.1 Å². The van der Waals surface area contributed by atoms with Gasteiger partial charge in [0.2, 0.25) is 15.9 Å². The second-order valence-electron chi connectivity index (χ2n) is 10.6. The molecule has 2 aliphatic heterocycles. The van der Waals surface area contributed by atoms with Gasteiger partial charge < -0.3 is 19.1 Å². The zero-order valence-corrected chi connectivity index (χ0v) is 23.7. The molecule has 2 saturated heterocycles. The Kier molecular flexibility index (Phi) is 8.53. The molecule has 0 radical (unpaired) electrons. The molecule has 0 unspecified atom stereocenters. The molecular formula is C27H38N6O5S. The van der Waals surface area contributed by atoms with Gasteiger partial charge in [-0.1, -0.05) is 0 Å². The van der Waals surface area contributed by atoms with Crippen molar-refractivity contribution in [2.45, 2.75) is 32.1 Å². The molecule has 12 heteroatoms. The average Bonchev–Trinajstić information content (AvgIpc) is 3.31. The number of nitrogens with zero attached hydrogens (tertiary/aromatic N) is 5. The van der Waals surface area contributed by atoms with Gasteiger partial charge in [-0.2, -0.15) is 5.10 Å². The molecular weight excluding hydrogens is 520 g/mol. The van der Waals surface area contributed by atoms with Crippen molar-refractivity contribution in [2.75, 3.05) is 57.5 Å². The Morgan fingerprint density at radius 1 is 1.15 bits per heavy atom. The number of sulfonamides is 1. The van der Waals surface area contributed by atoms with Gasteiger partial charge in [0.1, 0.15) is 11.4 Å². The maximum atomic E-state index is 11.9. The number of aromatic nitrogens is 4. The van der Waals surface area contributed by atoms with Crippen molar-refractivity contribution in [2.24, 2.45) is 18.9 Å². The number of pyridine rings is 2. The summed E-state index contributed by atoms with van der Waals surface area (Å²) in [7, 11) is -0.245. The number of methoxy groups -OCH3 is 1. The minimum atomic E-state index is -3.52.